The van der Waals surface area contributed by atoms with Crippen molar-refractivity contribution >= 4 is 5.97 Å². The van der Waals surface area contributed by atoms with Gasteiger partial charge in [-0.2, -0.15) is 0 Å². The molecule has 18 heavy (non-hydrogen) atoms. The monoisotopic (exact) mass is 246 g/mol. The summed E-state index contributed by atoms with van der Waals surface area (Å²) in [7, 11) is 0. The Bertz CT molecular complexity index is 422. The predicted molar refractivity (Wildman–Crippen MR) is 66.4 cm³/mol. The molecule has 3 rings (SSSR count). The summed E-state index contributed by atoms with van der Waals surface area (Å²) in [5.41, 5.74) is 0.180. The number of aromatic nitrogens is 2. The fourth-order valence-corrected chi connectivity index (χ4v) is 3.03. The highest BCUT2D eigenvalue weighted by Crippen LogP contribution is 2.48. The Kier molecular flexibility index (Phi) is 3.02. The van der Waals surface area contributed by atoms with Crippen LogP contribution in [-0.4, -0.2) is 21.0 Å². The van der Waals surface area contributed by atoms with Gasteiger partial charge < -0.3 is 5.11 Å². The van der Waals surface area contributed by atoms with E-state index in [9.17, 15) is 4.79 Å². The summed E-state index contributed by atoms with van der Waals surface area (Å²) in [5.74, 6) is 1.84. The number of aromatic carboxylic acids is 1. The van der Waals surface area contributed by atoms with Gasteiger partial charge in [-0.15, -0.1) is 0 Å². The molecule has 0 radical (unpaired) electrons. The Labute approximate surface area is 106 Å². The zero-order valence-corrected chi connectivity index (χ0v) is 10.4. The molecule has 0 aliphatic heterocycles. The third-order valence-electron chi connectivity index (χ3n) is 4.53. The normalized spacial score (nSPS) is 20.5. The molecular weight excluding hydrogens is 228 g/mol. The molecule has 0 aromatic carbocycles. The topological polar surface area (TPSA) is 63.1 Å². The lowest BCUT2D eigenvalue weighted by molar-refractivity contribution is 0.0695. The first-order chi connectivity index (χ1) is 8.75. The van der Waals surface area contributed by atoms with E-state index in [1.54, 1.807) is 0 Å². The van der Waals surface area contributed by atoms with Crippen LogP contribution in [0.25, 0.3) is 0 Å². The molecular formula is C14H18N2O2. The van der Waals surface area contributed by atoms with Crippen molar-refractivity contribution in [3.63, 3.8) is 0 Å². The Morgan fingerprint density at radius 2 is 1.61 bits per heavy atom. The molecule has 0 atom stereocenters. The molecule has 0 spiro atoms. The predicted octanol–water partition coefficient (Wildman–Crippen LogP) is 2.86. The second-order valence-electron chi connectivity index (χ2n) is 5.54. The Morgan fingerprint density at radius 3 is 1.94 bits per heavy atom. The minimum atomic E-state index is -0.953. The summed E-state index contributed by atoms with van der Waals surface area (Å²) in [5, 5.41) is 8.87. The molecule has 2 aliphatic carbocycles. The molecule has 4 heteroatoms. The Hall–Kier alpha value is -1.45. The lowest BCUT2D eigenvalue weighted by Gasteiger charge is -2.41. The third kappa shape index (κ3) is 2.00. The standard InChI is InChI=1S/C14H18N2O2/c17-14(18)11-7-15-13(16-8-11)12(9-3-1-4-9)10-5-2-6-10/h7-10,12H,1-6H2,(H,17,18). The van der Waals surface area contributed by atoms with E-state index in [0.29, 0.717) is 5.92 Å². The molecule has 4 nitrogen and oxygen atoms in total. The van der Waals surface area contributed by atoms with Gasteiger partial charge in [0.1, 0.15) is 5.82 Å². The molecule has 96 valence electrons. The van der Waals surface area contributed by atoms with E-state index in [4.69, 9.17) is 5.11 Å². The van der Waals surface area contributed by atoms with Gasteiger partial charge in [0.05, 0.1) is 5.56 Å². The van der Waals surface area contributed by atoms with Gasteiger partial charge in [0.25, 0.3) is 0 Å². The largest absolute Gasteiger partial charge is 0.478 e. The first-order valence-corrected chi connectivity index (χ1v) is 6.81. The van der Waals surface area contributed by atoms with Gasteiger partial charge in [-0.25, -0.2) is 14.8 Å². The summed E-state index contributed by atoms with van der Waals surface area (Å²) < 4.78 is 0. The molecule has 0 saturated heterocycles. The zero-order chi connectivity index (χ0) is 12.5. The molecule has 1 heterocycles. The van der Waals surface area contributed by atoms with Gasteiger partial charge in [-0.3, -0.25) is 0 Å². The van der Waals surface area contributed by atoms with Crippen LogP contribution in [0, 0.1) is 11.8 Å². The van der Waals surface area contributed by atoms with Crippen molar-refractivity contribution in [2.45, 2.75) is 44.4 Å². The lowest BCUT2D eigenvalue weighted by Crippen LogP contribution is -2.31. The SMILES string of the molecule is O=C(O)c1cnc(C(C2CCC2)C2CCC2)nc1. The maximum atomic E-state index is 10.8. The fraction of sp³-hybridized carbons (Fsp3) is 0.643. The summed E-state index contributed by atoms with van der Waals surface area (Å²) in [6.07, 6.45) is 10.7. The van der Waals surface area contributed by atoms with E-state index < -0.39 is 5.97 Å². The van der Waals surface area contributed by atoms with Gasteiger partial charge in [0.2, 0.25) is 0 Å². The second-order valence-corrected chi connectivity index (χ2v) is 5.54. The van der Waals surface area contributed by atoms with Crippen molar-refractivity contribution in [2.24, 2.45) is 11.8 Å². The minimum absolute atomic E-state index is 0.180. The number of carboxylic acids is 1. The fourth-order valence-electron chi connectivity index (χ4n) is 3.03. The number of carbonyl (C=O) groups is 1. The molecule has 1 aromatic rings. The van der Waals surface area contributed by atoms with E-state index in [1.165, 1.54) is 50.9 Å². The van der Waals surface area contributed by atoms with E-state index in [2.05, 4.69) is 9.97 Å². The van der Waals surface area contributed by atoms with Crippen molar-refractivity contribution in [3.05, 3.63) is 23.8 Å². The van der Waals surface area contributed by atoms with Crippen molar-refractivity contribution in [1.29, 1.82) is 0 Å². The maximum absolute atomic E-state index is 10.8. The number of hydrogen-bond acceptors (Lipinski definition) is 3. The van der Waals surface area contributed by atoms with Gasteiger partial charge >= 0.3 is 5.97 Å². The van der Waals surface area contributed by atoms with Crippen molar-refractivity contribution in [2.75, 3.05) is 0 Å². The minimum Gasteiger partial charge on any atom is -0.478 e. The van der Waals surface area contributed by atoms with Crippen LogP contribution in [0.5, 0.6) is 0 Å². The van der Waals surface area contributed by atoms with Crippen molar-refractivity contribution < 1.29 is 9.90 Å². The van der Waals surface area contributed by atoms with Crippen molar-refractivity contribution in [1.82, 2.24) is 9.97 Å². The molecule has 2 saturated carbocycles. The lowest BCUT2D eigenvalue weighted by atomic mass is 9.64. The Balaban J connectivity index is 1.82. The molecule has 2 aliphatic rings. The maximum Gasteiger partial charge on any atom is 0.338 e. The number of rotatable bonds is 4. The van der Waals surface area contributed by atoms with E-state index >= 15 is 0 Å². The quantitative estimate of drug-likeness (QED) is 0.887. The average molecular weight is 246 g/mol. The van der Waals surface area contributed by atoms with Crippen LogP contribution in [0.3, 0.4) is 0 Å². The summed E-state index contributed by atoms with van der Waals surface area (Å²) >= 11 is 0. The van der Waals surface area contributed by atoms with Gasteiger partial charge in [0, 0.05) is 18.3 Å². The summed E-state index contributed by atoms with van der Waals surface area (Å²) in [6.45, 7) is 0. The molecule has 1 N–H and O–H groups in total. The van der Waals surface area contributed by atoms with E-state index in [-0.39, 0.29) is 5.56 Å². The molecule has 0 amide bonds. The van der Waals surface area contributed by atoms with Crippen LogP contribution < -0.4 is 0 Å². The van der Waals surface area contributed by atoms with Crippen LogP contribution in [0.4, 0.5) is 0 Å². The van der Waals surface area contributed by atoms with Gasteiger partial charge in [0.15, 0.2) is 0 Å². The van der Waals surface area contributed by atoms with E-state index in [1.807, 2.05) is 0 Å². The van der Waals surface area contributed by atoms with Gasteiger partial charge in [-0.1, -0.05) is 12.8 Å². The second kappa shape index (κ2) is 4.67. The molecule has 2 fully saturated rings. The van der Waals surface area contributed by atoms with Crippen LogP contribution in [0.2, 0.25) is 0 Å². The molecule has 1 aromatic heterocycles. The zero-order valence-electron chi connectivity index (χ0n) is 10.4. The number of hydrogen-bond donors (Lipinski definition) is 1. The summed E-state index contributed by atoms with van der Waals surface area (Å²) in [4.78, 5) is 19.4. The van der Waals surface area contributed by atoms with Crippen LogP contribution in [0.15, 0.2) is 12.4 Å². The number of carboxylic acid groups (broad SMARTS) is 1. The highest BCUT2D eigenvalue weighted by molar-refractivity contribution is 5.86. The van der Waals surface area contributed by atoms with Crippen LogP contribution >= 0.6 is 0 Å². The van der Waals surface area contributed by atoms with E-state index in [0.717, 1.165) is 17.7 Å². The smallest absolute Gasteiger partial charge is 0.338 e. The first-order valence-electron chi connectivity index (χ1n) is 6.81. The van der Waals surface area contributed by atoms with Crippen LogP contribution in [-0.2, 0) is 0 Å². The molecule has 0 unspecified atom stereocenters. The highest BCUT2D eigenvalue weighted by Gasteiger charge is 2.38. The summed E-state index contributed by atoms with van der Waals surface area (Å²) in [6, 6.07) is 0. The highest BCUT2D eigenvalue weighted by atomic mass is 16.4. The average Bonchev–Trinajstić information content (AvgIpc) is 2.23. The molecule has 0 bridgehead atoms. The number of nitrogens with zero attached hydrogens (tertiary/aromatic N) is 2. The Morgan fingerprint density at radius 1 is 1.11 bits per heavy atom. The third-order valence-corrected chi connectivity index (χ3v) is 4.53. The van der Waals surface area contributed by atoms with Crippen molar-refractivity contribution in [3.8, 4) is 0 Å². The van der Waals surface area contributed by atoms with Gasteiger partial charge in [-0.05, 0) is 37.5 Å². The van der Waals surface area contributed by atoms with Crippen LogP contribution in [0.1, 0.15) is 60.6 Å². The first kappa shape index (κ1) is 11.6.